The highest BCUT2D eigenvalue weighted by molar-refractivity contribution is 5.97. The zero-order valence-corrected chi connectivity index (χ0v) is 12.4. The summed E-state index contributed by atoms with van der Waals surface area (Å²) in [7, 11) is 1.66. The topological polar surface area (TPSA) is 93.0 Å². The smallest absolute Gasteiger partial charge is 0.245 e. The van der Waals surface area contributed by atoms with Crippen LogP contribution in [0.3, 0.4) is 0 Å². The molecule has 0 saturated carbocycles. The van der Waals surface area contributed by atoms with Crippen LogP contribution >= 0.6 is 0 Å². The van der Waals surface area contributed by atoms with Gasteiger partial charge in [-0.05, 0) is 17.6 Å². The van der Waals surface area contributed by atoms with Crippen LogP contribution in [-0.2, 0) is 23.2 Å². The first-order valence-electron chi connectivity index (χ1n) is 6.54. The maximum absolute atomic E-state index is 12.4. The van der Waals surface area contributed by atoms with Gasteiger partial charge in [0.25, 0.3) is 0 Å². The maximum atomic E-state index is 12.4. The highest BCUT2D eigenvalue weighted by Gasteiger charge is 2.45. The average molecular weight is 280 g/mol. The van der Waals surface area contributed by atoms with E-state index in [4.69, 9.17) is 0 Å². The Balaban J connectivity index is 2.32. The van der Waals surface area contributed by atoms with Crippen LogP contribution in [0.4, 0.5) is 0 Å². The molecule has 0 aromatic carbocycles. The molecule has 1 aliphatic rings. The summed E-state index contributed by atoms with van der Waals surface area (Å²) in [5.74, 6) is 0.155. The number of aryl methyl sites for hydroxylation is 1. The van der Waals surface area contributed by atoms with Gasteiger partial charge in [0.15, 0.2) is 5.82 Å². The van der Waals surface area contributed by atoms with Crippen molar-refractivity contribution in [3.8, 4) is 0 Å². The number of hydrogen-bond donors (Lipinski definition) is 1. The van der Waals surface area contributed by atoms with Gasteiger partial charge in [-0.25, -0.2) is 0 Å². The van der Waals surface area contributed by atoms with Crippen LogP contribution in [0.15, 0.2) is 0 Å². The third-order valence-corrected chi connectivity index (χ3v) is 3.25. The zero-order valence-electron chi connectivity index (χ0n) is 12.4. The minimum absolute atomic E-state index is 0.128. The van der Waals surface area contributed by atoms with Crippen molar-refractivity contribution in [1.29, 1.82) is 0 Å². The van der Waals surface area contributed by atoms with Crippen molar-refractivity contribution in [2.45, 2.75) is 46.3 Å². The molecule has 2 amide bonds. The lowest BCUT2D eigenvalue weighted by Crippen LogP contribution is -2.65. The highest BCUT2D eigenvalue weighted by Crippen LogP contribution is 2.28. The van der Waals surface area contributed by atoms with E-state index in [1.165, 1.54) is 4.80 Å². The van der Waals surface area contributed by atoms with Crippen molar-refractivity contribution in [1.82, 2.24) is 30.4 Å². The second-order valence-corrected chi connectivity index (χ2v) is 6.16. The summed E-state index contributed by atoms with van der Waals surface area (Å²) in [6.07, 6.45) is 0. The van der Waals surface area contributed by atoms with Gasteiger partial charge in [-0.3, -0.25) is 9.59 Å². The first-order chi connectivity index (χ1) is 9.20. The first kappa shape index (κ1) is 14.4. The van der Waals surface area contributed by atoms with Crippen LogP contribution in [0.5, 0.6) is 0 Å². The Labute approximate surface area is 117 Å². The molecule has 0 bridgehead atoms. The summed E-state index contributed by atoms with van der Waals surface area (Å²) in [4.78, 5) is 27.5. The summed E-state index contributed by atoms with van der Waals surface area (Å²) in [5.41, 5.74) is -0.373. The summed E-state index contributed by atoms with van der Waals surface area (Å²) in [6, 6.07) is -1.08. The van der Waals surface area contributed by atoms with Gasteiger partial charge in [0, 0.05) is 0 Å². The standard InChI is InChI=1S/C12H20N6O2/c1-7-11(20)18(6-8-14-16-17(5)15-8)9(10(19)13-7)12(2,3)4/h7,9H,6H2,1-5H3,(H,13,19). The van der Waals surface area contributed by atoms with Crippen LogP contribution in [0.25, 0.3) is 0 Å². The highest BCUT2D eigenvalue weighted by atomic mass is 16.2. The third kappa shape index (κ3) is 2.63. The van der Waals surface area contributed by atoms with Crippen LogP contribution < -0.4 is 5.32 Å². The second-order valence-electron chi connectivity index (χ2n) is 6.16. The largest absolute Gasteiger partial charge is 0.343 e. The molecule has 8 heteroatoms. The molecule has 1 N–H and O–H groups in total. The summed E-state index contributed by atoms with van der Waals surface area (Å²) in [6.45, 7) is 7.65. The van der Waals surface area contributed by atoms with Gasteiger partial charge < -0.3 is 10.2 Å². The van der Waals surface area contributed by atoms with Gasteiger partial charge >= 0.3 is 0 Å². The Morgan fingerprint density at radius 3 is 2.45 bits per heavy atom. The number of amides is 2. The Hall–Kier alpha value is -1.99. The Morgan fingerprint density at radius 2 is 1.95 bits per heavy atom. The predicted molar refractivity (Wildman–Crippen MR) is 70.2 cm³/mol. The second kappa shape index (κ2) is 4.84. The van der Waals surface area contributed by atoms with E-state index in [0.29, 0.717) is 5.82 Å². The minimum atomic E-state index is -0.546. The number of carbonyl (C=O) groups is 2. The Kier molecular flexibility index (Phi) is 3.49. The number of rotatable bonds is 2. The number of nitrogens with zero attached hydrogens (tertiary/aromatic N) is 5. The van der Waals surface area contributed by atoms with E-state index in [1.807, 2.05) is 20.8 Å². The number of nitrogens with one attached hydrogen (secondary N) is 1. The van der Waals surface area contributed by atoms with Gasteiger partial charge in [0.2, 0.25) is 11.8 Å². The minimum Gasteiger partial charge on any atom is -0.343 e. The molecular weight excluding hydrogens is 260 g/mol. The molecule has 2 rings (SSSR count). The first-order valence-corrected chi connectivity index (χ1v) is 6.54. The van der Waals surface area contributed by atoms with Crippen molar-refractivity contribution < 1.29 is 9.59 Å². The Bertz CT molecular complexity index is 532. The molecule has 1 aromatic heterocycles. The summed E-state index contributed by atoms with van der Waals surface area (Å²) >= 11 is 0. The van der Waals surface area contributed by atoms with E-state index in [2.05, 4.69) is 20.7 Å². The SMILES string of the molecule is CC1NC(=O)C(C(C)(C)C)N(Cc2nnn(C)n2)C1=O. The van der Waals surface area contributed by atoms with E-state index in [0.717, 1.165) is 0 Å². The number of tetrazole rings is 1. The summed E-state index contributed by atoms with van der Waals surface area (Å²) < 4.78 is 0. The third-order valence-electron chi connectivity index (χ3n) is 3.25. The van der Waals surface area contributed by atoms with Crippen molar-refractivity contribution in [3.63, 3.8) is 0 Å². The molecule has 2 heterocycles. The molecule has 1 fully saturated rings. The molecule has 20 heavy (non-hydrogen) atoms. The number of hydrogen-bond acceptors (Lipinski definition) is 5. The molecule has 1 aliphatic heterocycles. The number of aromatic nitrogens is 4. The lowest BCUT2D eigenvalue weighted by molar-refractivity contribution is -0.154. The van der Waals surface area contributed by atoms with Crippen molar-refractivity contribution in [3.05, 3.63) is 5.82 Å². The van der Waals surface area contributed by atoms with Crippen LogP contribution in [0.2, 0.25) is 0 Å². The van der Waals surface area contributed by atoms with Crippen LogP contribution in [-0.4, -0.2) is 49.0 Å². The fourth-order valence-corrected chi connectivity index (χ4v) is 2.44. The van der Waals surface area contributed by atoms with E-state index in [1.54, 1.807) is 18.9 Å². The Morgan fingerprint density at radius 1 is 1.30 bits per heavy atom. The summed E-state index contributed by atoms with van der Waals surface area (Å²) in [5, 5.41) is 14.4. The van der Waals surface area contributed by atoms with Gasteiger partial charge in [-0.1, -0.05) is 20.8 Å². The van der Waals surface area contributed by atoms with Crippen LogP contribution in [0, 0.1) is 5.41 Å². The van der Waals surface area contributed by atoms with Gasteiger partial charge in [-0.2, -0.15) is 4.80 Å². The fourth-order valence-electron chi connectivity index (χ4n) is 2.44. The molecule has 1 saturated heterocycles. The monoisotopic (exact) mass is 280 g/mol. The van der Waals surface area contributed by atoms with E-state index in [9.17, 15) is 9.59 Å². The van der Waals surface area contributed by atoms with E-state index < -0.39 is 12.1 Å². The molecule has 0 spiro atoms. The zero-order chi connectivity index (χ0) is 15.1. The molecular formula is C12H20N6O2. The van der Waals surface area contributed by atoms with Gasteiger partial charge in [0.1, 0.15) is 12.1 Å². The lowest BCUT2D eigenvalue weighted by Gasteiger charge is -2.43. The molecule has 1 aromatic rings. The molecule has 2 unspecified atom stereocenters. The average Bonchev–Trinajstić information content (AvgIpc) is 2.69. The quantitative estimate of drug-likeness (QED) is 0.786. The maximum Gasteiger partial charge on any atom is 0.245 e. The molecule has 0 radical (unpaired) electrons. The molecule has 110 valence electrons. The van der Waals surface area contributed by atoms with Gasteiger partial charge in [0.05, 0.1) is 13.6 Å². The van der Waals surface area contributed by atoms with Crippen molar-refractivity contribution >= 4 is 11.8 Å². The fraction of sp³-hybridized carbons (Fsp3) is 0.750. The van der Waals surface area contributed by atoms with Crippen molar-refractivity contribution in [2.75, 3.05) is 0 Å². The molecule has 8 nitrogen and oxygen atoms in total. The van der Waals surface area contributed by atoms with Crippen molar-refractivity contribution in [2.24, 2.45) is 12.5 Å². The normalized spacial score (nSPS) is 23.9. The van der Waals surface area contributed by atoms with E-state index in [-0.39, 0.29) is 23.8 Å². The molecule has 2 atom stereocenters. The number of carbonyl (C=O) groups excluding carboxylic acids is 2. The van der Waals surface area contributed by atoms with E-state index >= 15 is 0 Å². The predicted octanol–water partition coefficient (Wildman–Crippen LogP) is -0.528. The van der Waals surface area contributed by atoms with Crippen LogP contribution in [0.1, 0.15) is 33.5 Å². The van der Waals surface area contributed by atoms with Gasteiger partial charge in [-0.15, -0.1) is 10.2 Å². The number of piperazine rings is 1. The lowest BCUT2D eigenvalue weighted by atomic mass is 9.83. The molecule has 0 aliphatic carbocycles.